The Bertz CT molecular complexity index is 1410. The van der Waals surface area contributed by atoms with Crippen LogP contribution in [-0.2, 0) is 14.3 Å². The zero-order valence-corrected chi connectivity index (χ0v) is 23.0. The lowest BCUT2D eigenvalue weighted by Crippen LogP contribution is -2.56. The number of aliphatic carboxylic acids is 1. The third-order valence-electron chi connectivity index (χ3n) is 6.56. The number of aromatic amines is 1. The Morgan fingerprint density at radius 2 is 1.85 bits per heavy atom. The Hall–Kier alpha value is -4.82. The van der Waals surface area contributed by atoms with Crippen LogP contribution < -0.4 is 10.1 Å². The van der Waals surface area contributed by atoms with Crippen LogP contribution in [0.4, 0.5) is 4.79 Å². The number of piperazine rings is 1. The number of aromatic nitrogens is 5. The summed E-state index contributed by atoms with van der Waals surface area (Å²) < 4.78 is 11.1. The van der Waals surface area contributed by atoms with Gasteiger partial charge in [-0.15, -0.1) is 10.2 Å². The lowest BCUT2D eigenvalue weighted by atomic mass is 10.1. The van der Waals surface area contributed by atoms with E-state index in [0.717, 1.165) is 5.56 Å². The maximum atomic E-state index is 13.4. The smallest absolute Gasteiger partial charge is 0.409 e. The number of carboxylic acids is 1. The Morgan fingerprint density at radius 1 is 1.12 bits per heavy atom. The van der Waals surface area contributed by atoms with Gasteiger partial charge in [0, 0.05) is 44.1 Å². The first kappa shape index (κ1) is 29.2. The number of benzene rings is 1. The van der Waals surface area contributed by atoms with E-state index in [-0.39, 0.29) is 51.3 Å². The van der Waals surface area contributed by atoms with Gasteiger partial charge in [0.2, 0.25) is 11.7 Å². The van der Waals surface area contributed by atoms with Gasteiger partial charge in [0.05, 0.1) is 12.1 Å². The number of rotatable bonds is 10. The standard InChI is InChI=1S/C26H32N8O7/c1-4-40-26(39)34-11-9-33(10-12-34)25(38)18(7-8-22(35)36)28-24(37)20-14-21(41-16(3)23-29-31-32-30-23)17-6-5-15(2)13-19(17)27-20/h5-6,13-14,16,18H,4,7-12H2,1-3H3,(H,28,37)(H,35,36)(H,29,30,31,32). The SMILES string of the molecule is CCOC(=O)N1CCN(C(=O)C(CCC(=O)O)NC(=O)c2cc(OC(C)c3nn[nH]n3)c3ccc(C)cc3n2)CC1. The number of H-pyrrole nitrogens is 1. The maximum absolute atomic E-state index is 13.4. The molecule has 0 aliphatic carbocycles. The van der Waals surface area contributed by atoms with Gasteiger partial charge in [0.25, 0.3) is 5.91 Å². The number of hydrogen-bond donors (Lipinski definition) is 3. The minimum Gasteiger partial charge on any atom is -0.482 e. The van der Waals surface area contributed by atoms with Gasteiger partial charge in [-0.05, 0) is 44.9 Å². The summed E-state index contributed by atoms with van der Waals surface area (Å²) >= 11 is 0. The topological polar surface area (TPSA) is 193 Å². The second-order valence-electron chi connectivity index (χ2n) is 9.53. The molecule has 3 aromatic rings. The van der Waals surface area contributed by atoms with E-state index in [9.17, 15) is 24.3 Å². The predicted octanol–water partition coefficient (Wildman–Crippen LogP) is 1.46. The summed E-state index contributed by atoms with van der Waals surface area (Å²) in [6.07, 6.45) is -1.52. The van der Waals surface area contributed by atoms with Gasteiger partial charge in [-0.3, -0.25) is 14.4 Å². The van der Waals surface area contributed by atoms with Crippen molar-refractivity contribution in [1.82, 2.24) is 40.7 Å². The number of nitrogens with one attached hydrogen (secondary N) is 2. The lowest BCUT2D eigenvalue weighted by molar-refractivity contribution is -0.138. The fraction of sp³-hybridized carbons (Fsp3) is 0.462. The number of carbonyl (C=O) groups excluding carboxylic acids is 3. The third-order valence-corrected chi connectivity index (χ3v) is 6.56. The molecular formula is C26H32N8O7. The summed E-state index contributed by atoms with van der Waals surface area (Å²) in [5, 5.41) is 26.4. The van der Waals surface area contributed by atoms with Crippen LogP contribution in [0.3, 0.4) is 0 Å². The molecule has 1 aromatic carbocycles. The molecule has 2 unspecified atom stereocenters. The van der Waals surface area contributed by atoms with Gasteiger partial charge in [0.1, 0.15) is 17.5 Å². The minimum atomic E-state index is -1.12. The Morgan fingerprint density at radius 3 is 2.51 bits per heavy atom. The molecule has 218 valence electrons. The maximum Gasteiger partial charge on any atom is 0.409 e. The number of tetrazole rings is 1. The van der Waals surface area contributed by atoms with Crippen LogP contribution in [0, 0.1) is 6.92 Å². The summed E-state index contributed by atoms with van der Waals surface area (Å²) in [6.45, 7) is 6.53. The highest BCUT2D eigenvalue weighted by Gasteiger charge is 2.31. The second kappa shape index (κ2) is 13.0. The van der Waals surface area contributed by atoms with Crippen LogP contribution in [0.1, 0.15) is 54.7 Å². The Labute approximate surface area is 235 Å². The van der Waals surface area contributed by atoms with Crippen LogP contribution in [0.5, 0.6) is 5.75 Å². The Kier molecular flexibility index (Phi) is 9.26. The lowest BCUT2D eigenvalue weighted by Gasteiger charge is -2.35. The van der Waals surface area contributed by atoms with Gasteiger partial charge in [-0.2, -0.15) is 5.21 Å². The highest BCUT2D eigenvalue weighted by Crippen LogP contribution is 2.30. The van der Waals surface area contributed by atoms with Crippen molar-refractivity contribution in [3.8, 4) is 5.75 Å². The normalized spacial score (nSPS) is 14.8. The third kappa shape index (κ3) is 7.23. The van der Waals surface area contributed by atoms with E-state index in [2.05, 4.69) is 30.9 Å². The van der Waals surface area contributed by atoms with E-state index in [1.54, 1.807) is 19.9 Å². The van der Waals surface area contributed by atoms with E-state index < -0.39 is 36.0 Å². The van der Waals surface area contributed by atoms with Crippen LogP contribution in [0.15, 0.2) is 24.3 Å². The zero-order valence-electron chi connectivity index (χ0n) is 23.0. The molecule has 3 N–H and O–H groups in total. The van der Waals surface area contributed by atoms with Crippen LogP contribution in [0.25, 0.3) is 10.9 Å². The van der Waals surface area contributed by atoms with Gasteiger partial charge in [0.15, 0.2) is 6.10 Å². The van der Waals surface area contributed by atoms with Gasteiger partial charge < -0.3 is 29.7 Å². The average Bonchev–Trinajstić information content (AvgIpc) is 3.50. The Balaban J connectivity index is 1.55. The van der Waals surface area contributed by atoms with E-state index in [0.29, 0.717) is 22.5 Å². The molecule has 0 saturated carbocycles. The van der Waals surface area contributed by atoms with Gasteiger partial charge >= 0.3 is 12.1 Å². The van der Waals surface area contributed by atoms with Crippen molar-refractivity contribution in [2.24, 2.45) is 0 Å². The fourth-order valence-electron chi connectivity index (χ4n) is 4.41. The number of aryl methyl sites for hydroxylation is 1. The highest BCUT2D eigenvalue weighted by molar-refractivity contribution is 5.99. The van der Waals surface area contributed by atoms with Crippen molar-refractivity contribution >= 4 is 34.8 Å². The minimum absolute atomic E-state index is 0.0151. The van der Waals surface area contributed by atoms with E-state index in [4.69, 9.17) is 9.47 Å². The first-order chi connectivity index (χ1) is 19.7. The largest absolute Gasteiger partial charge is 0.482 e. The first-order valence-electron chi connectivity index (χ1n) is 13.2. The zero-order chi connectivity index (χ0) is 29.5. The highest BCUT2D eigenvalue weighted by atomic mass is 16.6. The molecule has 0 radical (unpaired) electrons. The summed E-state index contributed by atoms with van der Waals surface area (Å²) in [4.78, 5) is 57.7. The number of ether oxygens (including phenoxy) is 2. The summed E-state index contributed by atoms with van der Waals surface area (Å²) in [6, 6.07) is 5.85. The van der Waals surface area contributed by atoms with Crippen LogP contribution in [0.2, 0.25) is 0 Å². The second-order valence-corrected chi connectivity index (χ2v) is 9.53. The molecule has 2 atom stereocenters. The van der Waals surface area contributed by atoms with Gasteiger partial charge in [-0.1, -0.05) is 11.3 Å². The van der Waals surface area contributed by atoms with Crippen molar-refractivity contribution in [3.63, 3.8) is 0 Å². The number of hydrogen-bond acceptors (Lipinski definition) is 10. The molecule has 1 aliphatic heterocycles. The molecule has 1 saturated heterocycles. The summed E-state index contributed by atoms with van der Waals surface area (Å²) in [5.41, 5.74) is 1.39. The van der Waals surface area contributed by atoms with Crippen molar-refractivity contribution < 1.29 is 33.8 Å². The number of carbonyl (C=O) groups is 4. The molecule has 3 heterocycles. The monoisotopic (exact) mass is 568 g/mol. The molecule has 1 fully saturated rings. The predicted molar refractivity (Wildman–Crippen MR) is 143 cm³/mol. The van der Waals surface area contributed by atoms with Crippen LogP contribution in [-0.4, -0.2) is 103 Å². The molecule has 3 amide bonds. The average molecular weight is 569 g/mol. The molecule has 4 rings (SSSR count). The van der Waals surface area contributed by atoms with Gasteiger partial charge in [-0.25, -0.2) is 9.78 Å². The van der Waals surface area contributed by atoms with Crippen molar-refractivity contribution in [2.75, 3.05) is 32.8 Å². The van der Waals surface area contributed by atoms with E-state index in [1.165, 1.54) is 15.9 Å². The summed E-state index contributed by atoms with van der Waals surface area (Å²) in [7, 11) is 0. The summed E-state index contributed by atoms with van der Waals surface area (Å²) in [5.74, 6) is -1.55. The molecule has 2 aromatic heterocycles. The van der Waals surface area contributed by atoms with Crippen molar-refractivity contribution in [1.29, 1.82) is 0 Å². The number of amides is 3. The number of pyridine rings is 1. The van der Waals surface area contributed by atoms with Crippen molar-refractivity contribution in [3.05, 3.63) is 41.3 Å². The van der Waals surface area contributed by atoms with Crippen LogP contribution >= 0.6 is 0 Å². The van der Waals surface area contributed by atoms with E-state index in [1.807, 2.05) is 19.1 Å². The molecule has 0 bridgehead atoms. The molecule has 15 heteroatoms. The van der Waals surface area contributed by atoms with Crippen molar-refractivity contribution in [2.45, 2.75) is 45.8 Å². The van der Waals surface area contributed by atoms with E-state index >= 15 is 0 Å². The quantitative estimate of drug-likeness (QED) is 0.321. The molecule has 1 aliphatic rings. The molecule has 41 heavy (non-hydrogen) atoms. The first-order valence-corrected chi connectivity index (χ1v) is 13.2. The molecule has 0 spiro atoms. The number of nitrogens with zero attached hydrogens (tertiary/aromatic N) is 6. The number of carboxylic acid groups (broad SMARTS) is 1. The number of fused-ring (bicyclic) bond motifs is 1. The molecule has 15 nitrogen and oxygen atoms in total. The molecular weight excluding hydrogens is 536 g/mol. The fourth-order valence-corrected chi connectivity index (χ4v) is 4.41.